The fourth-order valence-corrected chi connectivity index (χ4v) is 4.42. The summed E-state index contributed by atoms with van der Waals surface area (Å²) in [6, 6.07) is 19.2. The second-order valence-corrected chi connectivity index (χ2v) is 9.92. The number of hydrogen-bond acceptors (Lipinski definition) is 7. The molecule has 190 valence electrons. The number of unbranched alkanes of at least 4 members (excludes halogenated alkanes) is 2. The largest absolute Gasteiger partial charge is 0.494 e. The first-order valence-electron chi connectivity index (χ1n) is 11.9. The predicted molar refractivity (Wildman–Crippen MR) is 150 cm³/mol. The van der Waals surface area contributed by atoms with Gasteiger partial charge in [-0.25, -0.2) is 5.43 Å². The van der Waals surface area contributed by atoms with Crippen LogP contribution in [0.1, 0.15) is 31.7 Å². The zero-order valence-electron chi connectivity index (χ0n) is 20.4. The van der Waals surface area contributed by atoms with E-state index in [-0.39, 0.29) is 11.7 Å². The highest BCUT2D eigenvalue weighted by molar-refractivity contribution is 9.10. The molecule has 1 amide bonds. The van der Waals surface area contributed by atoms with Gasteiger partial charge in [0.25, 0.3) is 5.91 Å². The number of benzene rings is 2. The van der Waals surface area contributed by atoms with Crippen molar-refractivity contribution in [1.29, 1.82) is 0 Å². The van der Waals surface area contributed by atoms with Gasteiger partial charge in [-0.05, 0) is 72.6 Å². The van der Waals surface area contributed by atoms with Crippen molar-refractivity contribution in [1.82, 2.24) is 25.2 Å². The van der Waals surface area contributed by atoms with Crippen LogP contribution in [0.3, 0.4) is 0 Å². The second-order valence-electron chi connectivity index (χ2n) is 8.06. The van der Waals surface area contributed by atoms with Crippen molar-refractivity contribution in [3.63, 3.8) is 0 Å². The Balaban J connectivity index is 1.36. The number of halogens is 1. The summed E-state index contributed by atoms with van der Waals surface area (Å²) in [7, 11) is 0. The molecule has 2 heterocycles. The molecule has 37 heavy (non-hydrogen) atoms. The normalized spacial score (nSPS) is 11.1. The van der Waals surface area contributed by atoms with Gasteiger partial charge in [0.05, 0.1) is 18.6 Å². The molecule has 0 saturated carbocycles. The number of carbonyl (C=O) groups excluding carboxylic acids is 1. The summed E-state index contributed by atoms with van der Waals surface area (Å²) in [4.78, 5) is 16.5. The molecule has 0 aliphatic carbocycles. The van der Waals surface area contributed by atoms with Gasteiger partial charge in [-0.15, -0.1) is 10.2 Å². The zero-order chi connectivity index (χ0) is 25.9. The Morgan fingerprint density at radius 3 is 2.54 bits per heavy atom. The Kier molecular flexibility index (Phi) is 9.84. The highest BCUT2D eigenvalue weighted by atomic mass is 79.9. The fraction of sp³-hybridized carbons (Fsp3) is 0.222. The summed E-state index contributed by atoms with van der Waals surface area (Å²) < 4.78 is 8.62. The molecule has 4 aromatic rings. The molecule has 0 aliphatic heterocycles. The summed E-state index contributed by atoms with van der Waals surface area (Å²) >= 11 is 4.76. The van der Waals surface area contributed by atoms with Crippen molar-refractivity contribution >= 4 is 39.8 Å². The molecule has 0 unspecified atom stereocenters. The summed E-state index contributed by atoms with van der Waals surface area (Å²) in [6.45, 7) is 2.88. The quantitative estimate of drug-likeness (QED) is 0.0972. The number of thioether (sulfide) groups is 1. The zero-order valence-corrected chi connectivity index (χ0v) is 22.8. The molecule has 0 saturated heterocycles. The maximum absolute atomic E-state index is 12.5. The molecule has 4 rings (SSSR count). The lowest BCUT2D eigenvalue weighted by molar-refractivity contribution is -0.118. The molecule has 0 radical (unpaired) electrons. The van der Waals surface area contributed by atoms with Crippen LogP contribution in [0.5, 0.6) is 5.75 Å². The fourth-order valence-electron chi connectivity index (χ4n) is 3.41. The lowest BCUT2D eigenvalue weighted by Gasteiger charge is -2.10. The van der Waals surface area contributed by atoms with Crippen LogP contribution in [0.4, 0.5) is 0 Å². The van der Waals surface area contributed by atoms with Gasteiger partial charge in [0.1, 0.15) is 5.75 Å². The van der Waals surface area contributed by atoms with E-state index in [0.717, 1.165) is 39.9 Å². The Labute approximate surface area is 228 Å². The number of hydrazone groups is 1. The molecular weight excluding hydrogens is 552 g/mol. The van der Waals surface area contributed by atoms with E-state index in [2.05, 4.69) is 48.6 Å². The number of carbonyl (C=O) groups is 1. The average Bonchev–Trinajstić information content (AvgIpc) is 3.36. The summed E-state index contributed by atoms with van der Waals surface area (Å²) in [6.07, 6.45) is 8.41. The van der Waals surface area contributed by atoms with Crippen LogP contribution in [-0.2, 0) is 4.79 Å². The van der Waals surface area contributed by atoms with Crippen LogP contribution in [0, 0.1) is 0 Å². The highest BCUT2D eigenvalue weighted by Crippen LogP contribution is 2.28. The van der Waals surface area contributed by atoms with E-state index in [0.29, 0.717) is 17.6 Å². The molecule has 2 aromatic heterocycles. The number of nitrogens with one attached hydrogen (secondary N) is 1. The van der Waals surface area contributed by atoms with E-state index < -0.39 is 0 Å². The Morgan fingerprint density at radius 1 is 1.05 bits per heavy atom. The van der Waals surface area contributed by atoms with Crippen LogP contribution in [0.2, 0.25) is 0 Å². The number of aromatic nitrogens is 4. The summed E-state index contributed by atoms with van der Waals surface area (Å²) in [5.41, 5.74) is 5.21. The topological polar surface area (TPSA) is 94.3 Å². The minimum Gasteiger partial charge on any atom is -0.494 e. The third-order valence-electron chi connectivity index (χ3n) is 5.29. The average molecular weight is 580 g/mol. The molecule has 1 N–H and O–H groups in total. The van der Waals surface area contributed by atoms with Crippen LogP contribution in [-0.4, -0.2) is 44.2 Å². The van der Waals surface area contributed by atoms with Gasteiger partial charge >= 0.3 is 0 Å². The molecule has 0 aliphatic rings. The number of ether oxygens (including phenoxy) is 1. The summed E-state index contributed by atoms with van der Waals surface area (Å²) in [5, 5.41) is 13.4. The highest BCUT2D eigenvalue weighted by Gasteiger charge is 2.17. The number of rotatable bonds is 12. The van der Waals surface area contributed by atoms with Gasteiger partial charge < -0.3 is 4.74 Å². The van der Waals surface area contributed by atoms with Gasteiger partial charge in [-0.2, -0.15) is 5.10 Å². The molecule has 0 bridgehead atoms. The van der Waals surface area contributed by atoms with E-state index in [1.165, 1.54) is 18.2 Å². The van der Waals surface area contributed by atoms with Gasteiger partial charge in [-0.3, -0.25) is 14.3 Å². The maximum atomic E-state index is 12.5. The molecule has 0 atom stereocenters. The predicted octanol–water partition coefficient (Wildman–Crippen LogP) is 5.90. The number of nitrogens with zero attached hydrogens (tertiary/aromatic N) is 5. The maximum Gasteiger partial charge on any atom is 0.250 e. The molecule has 0 fully saturated rings. The molecule has 8 nitrogen and oxygen atoms in total. The van der Waals surface area contributed by atoms with Crippen molar-refractivity contribution in [3.8, 4) is 22.8 Å². The standard InChI is InChI=1S/C27H27BrN6O2S/c1-2-3-4-17-36-24-11-5-20(6-12-24)18-30-31-25(35)19-37-27-33-32-26(21-13-15-29-16-14-21)34(27)23-9-7-22(28)8-10-23/h5-16,18H,2-4,17,19H2,1H3,(H,31,35)/b30-18+. The van der Waals surface area contributed by atoms with E-state index in [4.69, 9.17) is 4.74 Å². The van der Waals surface area contributed by atoms with Crippen molar-refractivity contribution < 1.29 is 9.53 Å². The molecule has 2 aromatic carbocycles. The number of hydrogen-bond donors (Lipinski definition) is 1. The van der Waals surface area contributed by atoms with Gasteiger partial charge in [0, 0.05) is 28.1 Å². The molecule has 0 spiro atoms. The van der Waals surface area contributed by atoms with Crippen LogP contribution in [0.15, 0.2) is 87.8 Å². The minimum atomic E-state index is -0.243. The SMILES string of the molecule is CCCCCOc1ccc(/C=N/NC(=O)CSc2nnc(-c3ccncc3)n2-c2ccc(Br)cc2)cc1. The molecular formula is C27H27BrN6O2S. The van der Waals surface area contributed by atoms with Crippen LogP contribution >= 0.6 is 27.7 Å². The van der Waals surface area contributed by atoms with Crippen molar-refractivity contribution in [2.75, 3.05) is 12.4 Å². The molecule has 10 heteroatoms. The Hall–Kier alpha value is -3.50. The lowest BCUT2D eigenvalue weighted by atomic mass is 10.2. The number of pyridine rings is 1. The van der Waals surface area contributed by atoms with E-state index in [1.807, 2.05) is 65.2 Å². The third-order valence-corrected chi connectivity index (χ3v) is 6.75. The van der Waals surface area contributed by atoms with Gasteiger partial charge in [-0.1, -0.05) is 47.5 Å². The lowest BCUT2D eigenvalue weighted by Crippen LogP contribution is -2.20. The summed E-state index contributed by atoms with van der Waals surface area (Å²) in [5.74, 6) is 1.39. The van der Waals surface area contributed by atoms with E-state index >= 15 is 0 Å². The smallest absolute Gasteiger partial charge is 0.250 e. The van der Waals surface area contributed by atoms with Crippen LogP contribution < -0.4 is 10.2 Å². The monoisotopic (exact) mass is 578 g/mol. The van der Waals surface area contributed by atoms with Gasteiger partial charge in [0.15, 0.2) is 11.0 Å². The first kappa shape index (κ1) is 26.6. The van der Waals surface area contributed by atoms with E-state index in [1.54, 1.807) is 18.6 Å². The van der Waals surface area contributed by atoms with E-state index in [9.17, 15) is 4.79 Å². The second kappa shape index (κ2) is 13.7. The van der Waals surface area contributed by atoms with Crippen molar-refractivity contribution in [3.05, 3.63) is 83.1 Å². The van der Waals surface area contributed by atoms with Crippen LogP contribution in [0.25, 0.3) is 17.1 Å². The first-order valence-corrected chi connectivity index (χ1v) is 13.7. The van der Waals surface area contributed by atoms with Crippen molar-refractivity contribution in [2.45, 2.75) is 31.3 Å². The Morgan fingerprint density at radius 2 is 1.81 bits per heavy atom. The van der Waals surface area contributed by atoms with Crippen molar-refractivity contribution in [2.24, 2.45) is 5.10 Å². The third kappa shape index (κ3) is 7.74. The number of amides is 1. The van der Waals surface area contributed by atoms with Gasteiger partial charge in [0.2, 0.25) is 0 Å². The Bertz CT molecular complexity index is 1310. The first-order chi connectivity index (χ1) is 18.1. The minimum absolute atomic E-state index is 0.132.